The molecular formula is C49H38F2N2O4. The van der Waals surface area contributed by atoms with Gasteiger partial charge in [0.15, 0.2) is 11.6 Å². The first-order chi connectivity index (χ1) is 27.5. The van der Waals surface area contributed by atoms with Crippen LogP contribution in [0.5, 0.6) is 0 Å². The number of hydrogen-bond acceptors (Lipinski definition) is 4. The summed E-state index contributed by atoms with van der Waals surface area (Å²) in [5.74, 6) is -6.23. The van der Waals surface area contributed by atoms with E-state index in [9.17, 15) is 0 Å². The van der Waals surface area contributed by atoms with E-state index in [1.54, 1.807) is 48.5 Å². The second-order valence-electron chi connectivity index (χ2n) is 15.5. The maximum Gasteiger partial charge on any atom is 0.240 e. The molecule has 6 aromatic carbocycles. The largest absolute Gasteiger partial charge is 0.307 e. The molecule has 2 aliphatic heterocycles. The fraction of sp³-hybridized carbons (Fsp3) is 0.184. The average Bonchev–Trinajstić information content (AvgIpc) is 3.76. The summed E-state index contributed by atoms with van der Waals surface area (Å²) in [5.41, 5.74) is 0.407. The highest BCUT2D eigenvalue weighted by Crippen LogP contribution is 2.70. The van der Waals surface area contributed by atoms with Crippen molar-refractivity contribution < 1.29 is 28.0 Å². The Balaban J connectivity index is 1.39. The van der Waals surface area contributed by atoms with E-state index in [4.69, 9.17) is 0 Å². The molecule has 0 unspecified atom stereocenters. The highest BCUT2D eigenvalue weighted by molar-refractivity contribution is 6.24. The zero-order valence-electron chi connectivity index (χ0n) is 31.4. The van der Waals surface area contributed by atoms with Gasteiger partial charge in [0, 0.05) is 34.3 Å². The van der Waals surface area contributed by atoms with Crippen molar-refractivity contribution in [2.24, 2.45) is 11.8 Å². The first kappa shape index (κ1) is 36.1. The van der Waals surface area contributed by atoms with Crippen LogP contribution in [-0.4, -0.2) is 23.4 Å². The van der Waals surface area contributed by atoms with Crippen molar-refractivity contribution in [2.75, 3.05) is 9.80 Å². The normalized spacial score (nSPS) is 22.0. The summed E-state index contributed by atoms with van der Waals surface area (Å²) < 4.78 is 32.0. The smallest absolute Gasteiger partial charge is 0.240 e. The second-order valence-corrected chi connectivity index (χ2v) is 15.5. The molecule has 2 amide bonds. The van der Waals surface area contributed by atoms with E-state index in [-0.39, 0.29) is 41.8 Å². The van der Waals surface area contributed by atoms with E-state index >= 15 is 28.0 Å². The van der Waals surface area contributed by atoms with E-state index in [1.807, 2.05) is 74.5 Å². The topological polar surface area (TPSA) is 74.8 Å². The van der Waals surface area contributed by atoms with Crippen molar-refractivity contribution in [1.82, 2.24) is 0 Å². The summed E-state index contributed by atoms with van der Waals surface area (Å²) in [5, 5.41) is 0. The van der Waals surface area contributed by atoms with Gasteiger partial charge >= 0.3 is 0 Å². The van der Waals surface area contributed by atoms with Crippen LogP contribution in [0.25, 0.3) is 0 Å². The number of fused-ring (bicyclic) bond motifs is 5. The number of aryl methyl sites for hydroxylation is 2. The van der Waals surface area contributed by atoms with Gasteiger partial charge in [-0.25, -0.2) is 8.78 Å². The molecule has 57 heavy (non-hydrogen) atoms. The third-order valence-corrected chi connectivity index (χ3v) is 12.3. The molecule has 2 spiro atoms. The molecule has 0 aromatic heterocycles. The summed E-state index contributed by atoms with van der Waals surface area (Å²) in [7, 11) is 0. The highest BCUT2D eigenvalue weighted by Gasteiger charge is 2.81. The SMILES string of the molecule is Cc1ccc(C(=O)[C@H]2C[C@H](C(=O)c3ccc(C)cc3)[C@]3(C(=O)N(Cc4ccccc4)c4ccc(F)cc43)[C@]23C(=O)N(Cc2ccccc2)c2ccc(F)cc23)cc1. The fourth-order valence-corrected chi connectivity index (χ4v) is 9.86. The monoisotopic (exact) mass is 756 g/mol. The molecule has 1 saturated carbocycles. The molecule has 0 N–H and O–H groups in total. The van der Waals surface area contributed by atoms with Gasteiger partial charge in [-0.1, -0.05) is 120 Å². The second kappa shape index (κ2) is 13.6. The van der Waals surface area contributed by atoms with Gasteiger partial charge in [-0.05, 0) is 78.9 Å². The molecular weight excluding hydrogens is 719 g/mol. The Morgan fingerprint density at radius 3 is 1.28 bits per heavy atom. The van der Waals surface area contributed by atoms with Crippen molar-refractivity contribution >= 4 is 34.8 Å². The number of halogens is 2. The summed E-state index contributed by atoms with van der Waals surface area (Å²) in [6.07, 6.45) is -0.235. The number of carbonyl (C=O) groups is 4. The number of ketones is 2. The molecule has 0 bridgehead atoms. The van der Waals surface area contributed by atoms with Crippen molar-refractivity contribution in [2.45, 2.75) is 44.2 Å². The van der Waals surface area contributed by atoms with Crippen LogP contribution < -0.4 is 9.80 Å². The Morgan fingerprint density at radius 1 is 0.544 bits per heavy atom. The Hall–Kier alpha value is -6.54. The van der Waals surface area contributed by atoms with E-state index in [0.29, 0.717) is 11.4 Å². The Bertz CT molecular complexity index is 2410. The van der Waals surface area contributed by atoms with Gasteiger partial charge in [0.25, 0.3) is 0 Å². The number of hydrogen-bond donors (Lipinski definition) is 0. The first-order valence-corrected chi connectivity index (χ1v) is 19.1. The van der Waals surface area contributed by atoms with Gasteiger partial charge in [-0.3, -0.25) is 19.2 Å². The number of rotatable bonds is 8. The van der Waals surface area contributed by atoms with E-state index in [0.717, 1.165) is 22.3 Å². The van der Waals surface area contributed by atoms with Crippen molar-refractivity contribution in [3.8, 4) is 0 Å². The quantitative estimate of drug-likeness (QED) is 0.145. The van der Waals surface area contributed by atoms with Crippen LogP contribution >= 0.6 is 0 Å². The van der Waals surface area contributed by atoms with E-state index in [1.165, 1.54) is 46.2 Å². The average molecular weight is 757 g/mol. The number of Topliss-reactive ketones (excluding diaryl/α,β-unsaturated/α-hetero) is 2. The Morgan fingerprint density at radius 2 is 0.912 bits per heavy atom. The highest BCUT2D eigenvalue weighted by atomic mass is 19.1. The van der Waals surface area contributed by atoms with E-state index in [2.05, 4.69) is 0 Å². The van der Waals surface area contributed by atoms with Crippen molar-refractivity contribution in [3.63, 3.8) is 0 Å². The minimum Gasteiger partial charge on any atom is -0.307 e. The minimum absolute atomic E-state index is 0.0378. The van der Waals surface area contributed by atoms with Gasteiger partial charge in [0.1, 0.15) is 22.5 Å². The summed E-state index contributed by atoms with van der Waals surface area (Å²) in [6, 6.07) is 40.4. The zero-order chi connectivity index (χ0) is 39.6. The number of nitrogens with zero attached hydrogens (tertiary/aromatic N) is 2. The molecule has 4 atom stereocenters. The third kappa shape index (κ3) is 5.34. The van der Waals surface area contributed by atoms with Crippen LogP contribution in [0.1, 0.15) is 60.5 Å². The number of anilines is 2. The molecule has 282 valence electrons. The predicted octanol–water partition coefficient (Wildman–Crippen LogP) is 9.25. The van der Waals surface area contributed by atoms with Crippen LogP contribution in [0.2, 0.25) is 0 Å². The van der Waals surface area contributed by atoms with Crippen molar-refractivity contribution in [1.29, 1.82) is 0 Å². The van der Waals surface area contributed by atoms with Gasteiger partial charge in [0.05, 0.1) is 13.1 Å². The molecule has 8 heteroatoms. The Labute approximate surface area is 329 Å². The number of carbonyl (C=O) groups excluding carboxylic acids is 4. The van der Waals surface area contributed by atoms with Gasteiger partial charge in [-0.2, -0.15) is 0 Å². The van der Waals surface area contributed by atoms with Crippen molar-refractivity contribution in [3.05, 3.63) is 202 Å². The van der Waals surface area contributed by atoms with E-state index < -0.39 is 57.7 Å². The maximum atomic E-state index is 16.2. The van der Waals surface area contributed by atoms with Crippen LogP contribution in [0, 0.1) is 37.3 Å². The van der Waals surface area contributed by atoms with Crippen LogP contribution in [0.15, 0.2) is 146 Å². The molecule has 3 aliphatic rings. The first-order valence-electron chi connectivity index (χ1n) is 19.1. The minimum atomic E-state index is -2.18. The third-order valence-electron chi connectivity index (χ3n) is 12.3. The molecule has 6 aromatic rings. The summed E-state index contributed by atoms with van der Waals surface area (Å²) in [4.78, 5) is 66.2. The number of amides is 2. The predicted molar refractivity (Wildman–Crippen MR) is 214 cm³/mol. The lowest BCUT2D eigenvalue weighted by atomic mass is 9.53. The van der Waals surface area contributed by atoms with Gasteiger partial charge < -0.3 is 9.80 Å². The lowest BCUT2D eigenvalue weighted by Gasteiger charge is -2.44. The molecule has 2 heterocycles. The van der Waals surface area contributed by atoms with Gasteiger partial charge in [-0.15, -0.1) is 0 Å². The summed E-state index contributed by atoms with van der Waals surface area (Å²) >= 11 is 0. The molecule has 6 nitrogen and oxygen atoms in total. The van der Waals surface area contributed by atoms with Crippen LogP contribution in [-0.2, 0) is 33.5 Å². The van der Waals surface area contributed by atoms with Crippen LogP contribution in [0.4, 0.5) is 20.2 Å². The molecule has 0 radical (unpaired) electrons. The number of benzene rings is 6. The van der Waals surface area contributed by atoms with Gasteiger partial charge in [0.2, 0.25) is 11.8 Å². The maximum absolute atomic E-state index is 16.2. The molecule has 1 fully saturated rings. The summed E-state index contributed by atoms with van der Waals surface area (Å²) in [6.45, 7) is 3.86. The Kier molecular flexibility index (Phi) is 8.61. The fourth-order valence-electron chi connectivity index (χ4n) is 9.86. The lowest BCUT2D eigenvalue weighted by Crippen LogP contribution is -2.63. The zero-order valence-corrected chi connectivity index (χ0v) is 31.4. The lowest BCUT2D eigenvalue weighted by molar-refractivity contribution is -0.135. The van der Waals surface area contributed by atoms with Crippen LogP contribution in [0.3, 0.4) is 0 Å². The molecule has 9 rings (SSSR count). The molecule has 0 saturated heterocycles. The standard InChI is InChI=1S/C49H38F2N2O4/c1-30-13-17-34(18-14-30)44(54)40-27-41(45(55)35-19-15-31(2)16-20-35)49(39-26-37(51)22-24-43(39)53(47(49)57)29-33-11-7-4-8-12-33)48(40)38-25-36(50)21-23-42(38)52(46(48)56)28-32-9-5-3-6-10-32/h3-26,40-41H,27-29H2,1-2H3/t40-,41-,48-,49+/m1/s1. The molecule has 1 aliphatic carbocycles.